The third-order valence-corrected chi connectivity index (χ3v) is 4.09. The number of ether oxygens (including phenoxy) is 3. The van der Waals surface area contributed by atoms with E-state index in [1.165, 1.54) is 0 Å². The Morgan fingerprint density at radius 1 is 1.26 bits per heavy atom. The van der Waals surface area contributed by atoms with Crippen LogP contribution in [-0.2, 0) is 11.3 Å². The average molecular weight is 317 g/mol. The molecular weight excluding hydrogens is 298 g/mol. The number of fused-ring (bicyclic) bond motifs is 1. The molecule has 4 rings (SSSR count). The first kappa shape index (κ1) is 14.5. The summed E-state index contributed by atoms with van der Waals surface area (Å²) >= 11 is 0. The van der Waals surface area contributed by atoms with Crippen LogP contribution in [0.3, 0.4) is 0 Å². The number of aromatic nitrogens is 2. The fourth-order valence-electron chi connectivity index (χ4n) is 2.98. The molecule has 0 aliphatic carbocycles. The predicted molar refractivity (Wildman–Crippen MR) is 80.2 cm³/mol. The molecule has 1 aromatic heterocycles. The van der Waals surface area contributed by atoms with Crippen molar-refractivity contribution in [3.8, 4) is 11.5 Å². The summed E-state index contributed by atoms with van der Waals surface area (Å²) in [7, 11) is 0. The molecule has 3 heterocycles. The van der Waals surface area contributed by atoms with E-state index in [0.29, 0.717) is 18.5 Å². The number of rotatable bonds is 5. The number of hydrogen-bond donors (Lipinski definition) is 1. The first-order valence-corrected chi connectivity index (χ1v) is 7.83. The fourth-order valence-corrected chi connectivity index (χ4v) is 2.98. The second-order valence-electron chi connectivity index (χ2n) is 5.79. The van der Waals surface area contributed by atoms with Crippen LogP contribution in [0.4, 0.5) is 0 Å². The van der Waals surface area contributed by atoms with Gasteiger partial charge >= 0.3 is 0 Å². The topological polar surface area (TPSA) is 78.6 Å². The third kappa shape index (κ3) is 3.02. The van der Waals surface area contributed by atoms with Gasteiger partial charge in [-0.3, -0.25) is 0 Å². The molecule has 2 aliphatic heterocycles. The first-order valence-electron chi connectivity index (χ1n) is 7.83. The Bertz CT molecular complexity index is 688. The summed E-state index contributed by atoms with van der Waals surface area (Å²) in [5.41, 5.74) is 1.10. The monoisotopic (exact) mass is 317 g/mol. The average Bonchev–Trinajstić information content (AvgIpc) is 3.26. The van der Waals surface area contributed by atoms with Gasteiger partial charge in [-0.1, -0.05) is 17.3 Å². The van der Waals surface area contributed by atoms with Gasteiger partial charge in [0.2, 0.25) is 6.79 Å². The number of para-hydroxylation sites is 1. The Morgan fingerprint density at radius 3 is 3.09 bits per heavy atom. The van der Waals surface area contributed by atoms with Crippen LogP contribution in [-0.4, -0.2) is 29.6 Å². The molecule has 7 heteroatoms. The molecule has 7 nitrogen and oxygen atoms in total. The summed E-state index contributed by atoms with van der Waals surface area (Å²) in [4.78, 5) is 4.24. The predicted octanol–water partition coefficient (Wildman–Crippen LogP) is 2.12. The van der Waals surface area contributed by atoms with Crippen molar-refractivity contribution in [1.29, 1.82) is 0 Å². The number of aryl methyl sites for hydroxylation is 1. The van der Waals surface area contributed by atoms with Gasteiger partial charge in [-0.15, -0.1) is 0 Å². The summed E-state index contributed by atoms with van der Waals surface area (Å²) in [6, 6.07) is 5.94. The lowest BCUT2D eigenvalue weighted by molar-refractivity contribution is 0.0264. The van der Waals surface area contributed by atoms with Crippen molar-refractivity contribution in [1.82, 2.24) is 15.5 Å². The maximum atomic E-state index is 5.98. The zero-order valence-corrected chi connectivity index (χ0v) is 12.9. The van der Waals surface area contributed by atoms with E-state index in [0.717, 1.165) is 43.0 Å². The fraction of sp³-hybridized carbons (Fsp3) is 0.500. The standard InChI is InChI=1S/C16H19N3O4/c1-10-18-16(23-19-10)14-6-5-12(22-14)8-17-7-11-3-2-4-13-15(11)21-9-20-13/h2-4,12,14,17H,5-9H2,1H3/t12-,14+/m1/s1. The number of benzene rings is 1. The molecule has 1 N–H and O–H groups in total. The lowest BCUT2D eigenvalue weighted by Gasteiger charge is -2.13. The maximum Gasteiger partial charge on any atom is 0.255 e. The Labute approximate surface area is 133 Å². The molecule has 1 saturated heterocycles. The summed E-state index contributed by atoms with van der Waals surface area (Å²) in [6.45, 7) is 3.60. The second-order valence-corrected chi connectivity index (χ2v) is 5.79. The van der Waals surface area contributed by atoms with Gasteiger partial charge in [0.15, 0.2) is 17.3 Å². The number of nitrogens with one attached hydrogen (secondary N) is 1. The van der Waals surface area contributed by atoms with Crippen LogP contribution in [0.2, 0.25) is 0 Å². The summed E-state index contributed by atoms with van der Waals surface area (Å²) < 4.78 is 22.1. The molecule has 1 fully saturated rings. The van der Waals surface area contributed by atoms with Gasteiger partial charge in [0.1, 0.15) is 6.10 Å². The summed E-state index contributed by atoms with van der Waals surface area (Å²) in [6.07, 6.45) is 1.96. The van der Waals surface area contributed by atoms with Gasteiger partial charge < -0.3 is 24.1 Å². The molecule has 0 radical (unpaired) electrons. The molecule has 0 unspecified atom stereocenters. The van der Waals surface area contributed by atoms with Crippen LogP contribution in [0.25, 0.3) is 0 Å². The molecule has 0 bridgehead atoms. The lowest BCUT2D eigenvalue weighted by atomic mass is 10.1. The Kier molecular flexibility index (Phi) is 3.88. The molecule has 0 saturated carbocycles. The maximum absolute atomic E-state index is 5.98. The quantitative estimate of drug-likeness (QED) is 0.905. The highest BCUT2D eigenvalue weighted by Gasteiger charge is 2.30. The van der Waals surface area contributed by atoms with E-state index in [1.807, 2.05) is 25.1 Å². The summed E-state index contributed by atoms with van der Waals surface area (Å²) in [5.74, 6) is 2.88. The first-order chi connectivity index (χ1) is 11.3. The van der Waals surface area contributed by atoms with Gasteiger partial charge in [0.25, 0.3) is 5.89 Å². The molecular formula is C16H19N3O4. The SMILES string of the molecule is Cc1noc([C@@H]2CC[C@H](CNCc3cccc4c3OCO4)O2)n1. The highest BCUT2D eigenvalue weighted by atomic mass is 16.7. The largest absolute Gasteiger partial charge is 0.454 e. The second kappa shape index (κ2) is 6.17. The smallest absolute Gasteiger partial charge is 0.255 e. The van der Waals surface area contributed by atoms with Gasteiger partial charge in [-0.25, -0.2) is 0 Å². The Morgan fingerprint density at radius 2 is 2.22 bits per heavy atom. The summed E-state index contributed by atoms with van der Waals surface area (Å²) in [5, 5.41) is 7.24. The van der Waals surface area contributed by atoms with Crippen LogP contribution in [0, 0.1) is 6.92 Å². The zero-order chi connectivity index (χ0) is 15.6. The van der Waals surface area contributed by atoms with Gasteiger partial charge in [-0.05, 0) is 25.8 Å². The number of hydrogen-bond acceptors (Lipinski definition) is 7. The van der Waals surface area contributed by atoms with Crippen LogP contribution in [0.15, 0.2) is 22.7 Å². The van der Waals surface area contributed by atoms with Gasteiger partial charge in [0, 0.05) is 18.7 Å². The van der Waals surface area contributed by atoms with E-state index < -0.39 is 0 Å². The minimum atomic E-state index is -0.0827. The highest BCUT2D eigenvalue weighted by molar-refractivity contribution is 5.48. The van der Waals surface area contributed by atoms with Crippen molar-refractivity contribution in [3.05, 3.63) is 35.5 Å². The van der Waals surface area contributed by atoms with E-state index in [-0.39, 0.29) is 12.2 Å². The third-order valence-electron chi connectivity index (χ3n) is 4.09. The van der Waals surface area contributed by atoms with E-state index in [9.17, 15) is 0 Å². The normalized spacial score (nSPS) is 22.7. The van der Waals surface area contributed by atoms with E-state index >= 15 is 0 Å². The van der Waals surface area contributed by atoms with Crippen LogP contribution in [0.1, 0.15) is 36.2 Å². The van der Waals surface area contributed by atoms with Crippen molar-refractivity contribution in [2.45, 2.75) is 38.5 Å². The molecule has 23 heavy (non-hydrogen) atoms. The lowest BCUT2D eigenvalue weighted by Crippen LogP contribution is -2.26. The van der Waals surface area contributed by atoms with E-state index in [4.69, 9.17) is 18.7 Å². The van der Waals surface area contributed by atoms with Crippen molar-refractivity contribution < 1.29 is 18.7 Å². The zero-order valence-electron chi connectivity index (χ0n) is 12.9. The van der Waals surface area contributed by atoms with Crippen molar-refractivity contribution in [2.75, 3.05) is 13.3 Å². The van der Waals surface area contributed by atoms with Crippen molar-refractivity contribution >= 4 is 0 Å². The minimum Gasteiger partial charge on any atom is -0.454 e. The molecule has 122 valence electrons. The van der Waals surface area contributed by atoms with E-state index in [2.05, 4.69) is 15.5 Å². The van der Waals surface area contributed by atoms with Crippen molar-refractivity contribution in [2.24, 2.45) is 0 Å². The molecule has 2 atom stereocenters. The Balaban J connectivity index is 1.29. The van der Waals surface area contributed by atoms with Crippen LogP contribution >= 0.6 is 0 Å². The molecule has 2 aliphatic rings. The van der Waals surface area contributed by atoms with Gasteiger partial charge in [0.05, 0.1) is 6.10 Å². The molecule has 1 aromatic carbocycles. The highest BCUT2D eigenvalue weighted by Crippen LogP contribution is 2.35. The van der Waals surface area contributed by atoms with Gasteiger partial charge in [-0.2, -0.15) is 4.98 Å². The van der Waals surface area contributed by atoms with E-state index in [1.54, 1.807) is 0 Å². The molecule has 2 aromatic rings. The van der Waals surface area contributed by atoms with Crippen molar-refractivity contribution in [3.63, 3.8) is 0 Å². The Hall–Kier alpha value is -2.12. The minimum absolute atomic E-state index is 0.0827. The van der Waals surface area contributed by atoms with Crippen LogP contribution < -0.4 is 14.8 Å². The molecule has 0 amide bonds. The van der Waals surface area contributed by atoms with Crippen LogP contribution in [0.5, 0.6) is 11.5 Å². The number of nitrogens with zero attached hydrogens (tertiary/aromatic N) is 2. The molecule has 0 spiro atoms.